The molecule has 1 unspecified atom stereocenters. The van der Waals surface area contributed by atoms with E-state index in [-0.39, 0.29) is 16.6 Å². The fourth-order valence-electron chi connectivity index (χ4n) is 3.05. The van der Waals surface area contributed by atoms with Gasteiger partial charge in [0.15, 0.2) is 0 Å². The molecule has 1 atom stereocenters. The number of nitrogens with one attached hydrogen (secondary N) is 1. The van der Waals surface area contributed by atoms with Crippen molar-refractivity contribution in [3.8, 4) is 11.5 Å². The number of amides is 1. The first-order valence-corrected chi connectivity index (χ1v) is 11.4. The number of benzene rings is 2. The van der Waals surface area contributed by atoms with Gasteiger partial charge in [0.2, 0.25) is 10.0 Å². The van der Waals surface area contributed by atoms with Gasteiger partial charge in [0, 0.05) is 36.6 Å². The van der Waals surface area contributed by atoms with Crippen LogP contribution in [0.1, 0.15) is 29.8 Å². The first-order valence-electron chi connectivity index (χ1n) is 9.13. The number of nitrogens with zero attached hydrogens (tertiary/aromatic N) is 1. The third kappa shape index (κ3) is 4.41. The highest BCUT2D eigenvalue weighted by Crippen LogP contribution is 2.38. The first-order chi connectivity index (χ1) is 13.6. The van der Waals surface area contributed by atoms with Crippen LogP contribution in [0.3, 0.4) is 0 Å². The molecule has 9 heteroatoms. The zero-order valence-electron chi connectivity index (χ0n) is 16.7. The summed E-state index contributed by atoms with van der Waals surface area (Å²) in [6.45, 7) is 4.29. The van der Waals surface area contributed by atoms with Crippen molar-refractivity contribution in [3.63, 3.8) is 0 Å². The number of carbonyl (C=O) groups excluding carboxylic acids is 1. The standard InChI is InChI=1S/C20H23BrN2O5S/c1-5-27-19-9-13-8-12(2)28-18(13)11-17(19)22-20(24)15-10-14(6-7-16(15)21)29(25,26)23(3)4/h6-7,9-12H,5,8H2,1-4H3,(H,22,24). The maximum absolute atomic E-state index is 13.0. The van der Waals surface area contributed by atoms with Gasteiger partial charge < -0.3 is 14.8 Å². The Labute approximate surface area is 179 Å². The van der Waals surface area contributed by atoms with Crippen LogP contribution in [-0.4, -0.2) is 45.4 Å². The van der Waals surface area contributed by atoms with Crippen molar-refractivity contribution >= 4 is 37.5 Å². The van der Waals surface area contributed by atoms with Crippen LogP contribution in [0.2, 0.25) is 0 Å². The van der Waals surface area contributed by atoms with Crippen molar-refractivity contribution < 1.29 is 22.7 Å². The minimum absolute atomic E-state index is 0.0343. The van der Waals surface area contributed by atoms with Crippen molar-refractivity contribution in [3.05, 3.63) is 45.9 Å². The van der Waals surface area contributed by atoms with E-state index in [4.69, 9.17) is 9.47 Å². The molecular formula is C20H23BrN2O5S. The van der Waals surface area contributed by atoms with Gasteiger partial charge in [0.25, 0.3) is 5.91 Å². The lowest BCUT2D eigenvalue weighted by atomic mass is 10.1. The highest BCUT2D eigenvalue weighted by Gasteiger charge is 2.24. The van der Waals surface area contributed by atoms with E-state index in [1.807, 2.05) is 19.9 Å². The van der Waals surface area contributed by atoms with Crippen molar-refractivity contribution in [2.24, 2.45) is 0 Å². The van der Waals surface area contributed by atoms with Gasteiger partial charge in [-0.3, -0.25) is 4.79 Å². The number of sulfonamides is 1. The maximum Gasteiger partial charge on any atom is 0.256 e. The van der Waals surface area contributed by atoms with Gasteiger partial charge in [-0.1, -0.05) is 0 Å². The summed E-state index contributed by atoms with van der Waals surface area (Å²) in [7, 11) is -0.783. The Balaban J connectivity index is 1.96. The highest BCUT2D eigenvalue weighted by atomic mass is 79.9. The highest BCUT2D eigenvalue weighted by molar-refractivity contribution is 9.10. The Morgan fingerprint density at radius 2 is 2.03 bits per heavy atom. The molecular weight excluding hydrogens is 460 g/mol. The van der Waals surface area contributed by atoms with Crippen LogP contribution in [0.25, 0.3) is 0 Å². The smallest absolute Gasteiger partial charge is 0.256 e. The van der Waals surface area contributed by atoms with E-state index in [2.05, 4.69) is 21.2 Å². The van der Waals surface area contributed by atoms with Crippen molar-refractivity contribution in [1.82, 2.24) is 4.31 Å². The third-order valence-corrected chi connectivity index (χ3v) is 7.01. The van der Waals surface area contributed by atoms with E-state index in [0.717, 1.165) is 16.3 Å². The number of fused-ring (bicyclic) bond motifs is 1. The molecule has 0 spiro atoms. The number of rotatable bonds is 6. The zero-order chi connectivity index (χ0) is 21.3. The zero-order valence-corrected chi connectivity index (χ0v) is 19.1. The average Bonchev–Trinajstić information content (AvgIpc) is 3.01. The van der Waals surface area contributed by atoms with Gasteiger partial charge in [-0.15, -0.1) is 0 Å². The number of anilines is 1. The fraction of sp³-hybridized carbons (Fsp3) is 0.350. The normalized spacial score (nSPS) is 15.7. The monoisotopic (exact) mass is 482 g/mol. The van der Waals surface area contributed by atoms with E-state index < -0.39 is 15.9 Å². The summed E-state index contributed by atoms with van der Waals surface area (Å²) in [5.74, 6) is 0.796. The van der Waals surface area contributed by atoms with Gasteiger partial charge in [0.1, 0.15) is 17.6 Å². The predicted octanol–water partition coefficient (Wildman–Crippen LogP) is 3.67. The number of carbonyl (C=O) groups is 1. The minimum Gasteiger partial charge on any atom is -0.492 e. The predicted molar refractivity (Wildman–Crippen MR) is 114 cm³/mol. The SMILES string of the molecule is CCOc1cc2c(cc1NC(=O)c1cc(S(=O)(=O)N(C)C)ccc1Br)OC(C)C2. The molecule has 0 fully saturated rings. The van der Waals surface area contributed by atoms with E-state index >= 15 is 0 Å². The summed E-state index contributed by atoms with van der Waals surface area (Å²) >= 11 is 3.33. The topological polar surface area (TPSA) is 84.9 Å². The molecule has 0 aliphatic carbocycles. The molecule has 29 heavy (non-hydrogen) atoms. The number of ether oxygens (including phenoxy) is 2. The summed E-state index contributed by atoms with van der Waals surface area (Å²) in [6, 6.07) is 7.96. The van der Waals surface area contributed by atoms with Crippen LogP contribution in [0.15, 0.2) is 39.7 Å². The van der Waals surface area contributed by atoms with Crippen LogP contribution in [0.5, 0.6) is 11.5 Å². The number of hydrogen-bond acceptors (Lipinski definition) is 5. The Hall–Kier alpha value is -2.10. The van der Waals surface area contributed by atoms with E-state index in [1.54, 1.807) is 12.1 Å². The van der Waals surface area contributed by atoms with Gasteiger partial charge >= 0.3 is 0 Å². The van der Waals surface area contributed by atoms with Crippen LogP contribution < -0.4 is 14.8 Å². The molecule has 0 radical (unpaired) electrons. The number of hydrogen-bond donors (Lipinski definition) is 1. The largest absolute Gasteiger partial charge is 0.492 e. The molecule has 3 rings (SSSR count). The molecule has 0 saturated heterocycles. The van der Waals surface area contributed by atoms with E-state index in [9.17, 15) is 13.2 Å². The van der Waals surface area contributed by atoms with Crippen LogP contribution in [0.4, 0.5) is 5.69 Å². The molecule has 2 aromatic rings. The third-order valence-electron chi connectivity index (χ3n) is 4.51. The molecule has 1 aliphatic rings. The first kappa shape index (κ1) is 21.6. The molecule has 1 heterocycles. The van der Waals surface area contributed by atoms with Gasteiger partial charge in [-0.05, 0) is 54.0 Å². The summed E-state index contributed by atoms with van der Waals surface area (Å²) < 4.78 is 37.9. The lowest BCUT2D eigenvalue weighted by molar-refractivity contribution is 0.102. The maximum atomic E-state index is 13.0. The van der Waals surface area contributed by atoms with Gasteiger partial charge in [-0.25, -0.2) is 12.7 Å². The van der Waals surface area contributed by atoms with Crippen LogP contribution in [-0.2, 0) is 16.4 Å². The van der Waals surface area contributed by atoms with Gasteiger partial charge in [-0.2, -0.15) is 0 Å². The van der Waals surface area contributed by atoms with Gasteiger partial charge in [0.05, 0.1) is 22.8 Å². The molecule has 0 saturated carbocycles. The Bertz CT molecular complexity index is 1050. The summed E-state index contributed by atoms with van der Waals surface area (Å²) in [5, 5.41) is 2.82. The quantitative estimate of drug-likeness (QED) is 0.678. The molecule has 0 aromatic heterocycles. The number of halogens is 1. The molecule has 1 aliphatic heterocycles. The average molecular weight is 483 g/mol. The van der Waals surface area contributed by atoms with Crippen LogP contribution in [0, 0.1) is 0 Å². The molecule has 0 bridgehead atoms. The molecule has 156 valence electrons. The lowest BCUT2D eigenvalue weighted by Crippen LogP contribution is -2.23. The van der Waals surface area contributed by atoms with Crippen molar-refractivity contribution in [2.45, 2.75) is 31.3 Å². The van der Waals surface area contributed by atoms with Crippen LogP contribution >= 0.6 is 15.9 Å². The minimum atomic E-state index is -3.67. The Morgan fingerprint density at radius 1 is 1.31 bits per heavy atom. The summed E-state index contributed by atoms with van der Waals surface area (Å²) in [5.41, 5.74) is 1.70. The second-order valence-electron chi connectivity index (χ2n) is 6.90. The summed E-state index contributed by atoms with van der Waals surface area (Å²) in [4.78, 5) is 13.0. The van der Waals surface area contributed by atoms with Crippen molar-refractivity contribution in [2.75, 3.05) is 26.0 Å². The second kappa shape index (κ2) is 8.33. The second-order valence-corrected chi connectivity index (χ2v) is 9.91. The molecule has 2 aromatic carbocycles. The Morgan fingerprint density at radius 3 is 2.69 bits per heavy atom. The van der Waals surface area contributed by atoms with E-state index in [1.165, 1.54) is 26.2 Å². The molecule has 1 N–H and O–H groups in total. The molecule has 7 nitrogen and oxygen atoms in total. The molecule has 1 amide bonds. The van der Waals surface area contributed by atoms with E-state index in [0.29, 0.717) is 28.3 Å². The summed E-state index contributed by atoms with van der Waals surface area (Å²) in [6.07, 6.45) is 0.840. The lowest BCUT2D eigenvalue weighted by Gasteiger charge is -2.15. The Kier molecular flexibility index (Phi) is 6.21. The fourth-order valence-corrected chi connectivity index (χ4v) is 4.41. The van der Waals surface area contributed by atoms with Crippen molar-refractivity contribution in [1.29, 1.82) is 0 Å².